The van der Waals surface area contributed by atoms with Gasteiger partial charge >= 0.3 is 6.03 Å². The standard InChI is InChI=1S/C16H21N3O2/c1-2-7-18-8-5-12-10-13(3-4-15(12)18)17-16(21)19-9-6-14(20)11-19/h3-5,8,10,14,20H,2,6-7,9,11H2,1H3,(H,17,21)/t14-/m0/s1. The molecule has 2 N–H and O–H groups in total. The van der Waals surface area contributed by atoms with E-state index in [9.17, 15) is 9.90 Å². The first-order chi connectivity index (χ1) is 10.2. The van der Waals surface area contributed by atoms with Gasteiger partial charge in [0, 0.05) is 42.4 Å². The third-order valence-corrected chi connectivity index (χ3v) is 3.94. The largest absolute Gasteiger partial charge is 0.391 e. The molecule has 1 aromatic heterocycles. The van der Waals surface area contributed by atoms with Crippen LogP contribution in [0.25, 0.3) is 10.9 Å². The summed E-state index contributed by atoms with van der Waals surface area (Å²) in [4.78, 5) is 13.8. The van der Waals surface area contributed by atoms with Crippen molar-refractivity contribution in [1.29, 1.82) is 0 Å². The van der Waals surface area contributed by atoms with Gasteiger partial charge in [-0.3, -0.25) is 0 Å². The third kappa shape index (κ3) is 2.88. The molecule has 21 heavy (non-hydrogen) atoms. The first-order valence-electron chi connectivity index (χ1n) is 7.50. The Morgan fingerprint density at radius 2 is 2.29 bits per heavy atom. The topological polar surface area (TPSA) is 57.5 Å². The number of anilines is 1. The van der Waals surface area contributed by atoms with E-state index in [0.717, 1.165) is 24.0 Å². The maximum atomic E-state index is 12.1. The van der Waals surface area contributed by atoms with Crippen LogP contribution >= 0.6 is 0 Å². The summed E-state index contributed by atoms with van der Waals surface area (Å²) in [7, 11) is 0. The van der Waals surface area contributed by atoms with E-state index < -0.39 is 0 Å². The number of aliphatic hydroxyl groups is 1. The Bertz CT molecular complexity index is 650. The van der Waals surface area contributed by atoms with Gasteiger partial charge in [0.1, 0.15) is 0 Å². The molecule has 1 saturated heterocycles. The highest BCUT2D eigenvalue weighted by Gasteiger charge is 2.24. The van der Waals surface area contributed by atoms with Gasteiger partial charge in [-0.25, -0.2) is 4.79 Å². The van der Waals surface area contributed by atoms with Crippen molar-refractivity contribution in [2.24, 2.45) is 0 Å². The lowest BCUT2D eigenvalue weighted by Gasteiger charge is -2.16. The number of aromatic nitrogens is 1. The van der Waals surface area contributed by atoms with Gasteiger partial charge in [0.25, 0.3) is 0 Å². The SMILES string of the molecule is CCCn1ccc2cc(NC(=O)N3CC[C@H](O)C3)ccc21. The van der Waals surface area contributed by atoms with E-state index in [1.165, 1.54) is 5.52 Å². The zero-order chi connectivity index (χ0) is 14.8. The molecule has 1 aromatic carbocycles. The Labute approximate surface area is 124 Å². The van der Waals surface area contributed by atoms with Crippen molar-refractivity contribution < 1.29 is 9.90 Å². The van der Waals surface area contributed by atoms with Crippen LogP contribution in [0.4, 0.5) is 10.5 Å². The second-order valence-corrected chi connectivity index (χ2v) is 5.60. The van der Waals surface area contributed by atoms with Crippen LogP contribution in [0.15, 0.2) is 30.5 Å². The van der Waals surface area contributed by atoms with Gasteiger partial charge in [0.15, 0.2) is 0 Å². The van der Waals surface area contributed by atoms with Gasteiger partial charge in [-0.2, -0.15) is 0 Å². The molecule has 1 aliphatic heterocycles. The summed E-state index contributed by atoms with van der Waals surface area (Å²) in [5, 5.41) is 13.5. The number of nitrogens with zero attached hydrogens (tertiary/aromatic N) is 2. The Balaban J connectivity index is 1.74. The number of hydrogen-bond donors (Lipinski definition) is 2. The van der Waals surface area contributed by atoms with Crippen LogP contribution in [-0.2, 0) is 6.54 Å². The maximum Gasteiger partial charge on any atom is 0.321 e. The Morgan fingerprint density at radius 3 is 3.00 bits per heavy atom. The minimum Gasteiger partial charge on any atom is -0.391 e. The molecule has 0 unspecified atom stereocenters. The summed E-state index contributed by atoms with van der Waals surface area (Å²) in [6, 6.07) is 7.89. The van der Waals surface area contributed by atoms with Crippen LogP contribution in [0, 0.1) is 0 Å². The number of hydrogen-bond acceptors (Lipinski definition) is 2. The van der Waals surface area contributed by atoms with Crippen molar-refractivity contribution in [3.05, 3.63) is 30.5 Å². The van der Waals surface area contributed by atoms with Crippen molar-refractivity contribution in [2.45, 2.75) is 32.4 Å². The normalized spacial score (nSPS) is 18.4. The number of fused-ring (bicyclic) bond motifs is 1. The molecule has 0 spiro atoms. The average Bonchev–Trinajstić information content (AvgIpc) is 3.06. The highest BCUT2D eigenvalue weighted by Crippen LogP contribution is 2.21. The zero-order valence-electron chi connectivity index (χ0n) is 12.2. The summed E-state index contributed by atoms with van der Waals surface area (Å²) >= 11 is 0. The Kier molecular flexibility index (Phi) is 3.84. The molecule has 3 rings (SSSR count). The van der Waals surface area contributed by atoms with Crippen LogP contribution in [-0.4, -0.2) is 39.8 Å². The molecule has 0 saturated carbocycles. The summed E-state index contributed by atoms with van der Waals surface area (Å²) in [5.74, 6) is 0. The highest BCUT2D eigenvalue weighted by molar-refractivity contribution is 5.93. The van der Waals surface area contributed by atoms with E-state index in [2.05, 4.69) is 29.1 Å². The zero-order valence-corrected chi connectivity index (χ0v) is 12.2. The van der Waals surface area contributed by atoms with Gasteiger partial charge in [-0.05, 0) is 37.1 Å². The number of β-amino-alcohol motifs (C(OH)–C–C–N with tert-alkyl or cyclic N) is 1. The second-order valence-electron chi connectivity index (χ2n) is 5.60. The second kappa shape index (κ2) is 5.77. The molecule has 2 aromatic rings. The number of amides is 2. The van der Waals surface area contributed by atoms with Crippen LogP contribution in [0.5, 0.6) is 0 Å². The number of aryl methyl sites for hydroxylation is 1. The average molecular weight is 287 g/mol. The smallest absolute Gasteiger partial charge is 0.321 e. The first kappa shape index (κ1) is 13.9. The molecular weight excluding hydrogens is 266 g/mol. The van der Waals surface area contributed by atoms with Gasteiger partial charge in [-0.15, -0.1) is 0 Å². The molecule has 0 aliphatic carbocycles. The minimum absolute atomic E-state index is 0.140. The summed E-state index contributed by atoms with van der Waals surface area (Å²) in [5.41, 5.74) is 1.98. The molecular formula is C16H21N3O2. The van der Waals surface area contributed by atoms with Crippen LogP contribution in [0.3, 0.4) is 0 Å². The molecule has 0 bridgehead atoms. The number of nitrogens with one attached hydrogen (secondary N) is 1. The fourth-order valence-electron chi connectivity index (χ4n) is 2.84. The number of urea groups is 1. The van der Waals surface area contributed by atoms with Gasteiger partial charge in [-0.1, -0.05) is 6.92 Å². The predicted molar refractivity (Wildman–Crippen MR) is 83.4 cm³/mol. The summed E-state index contributed by atoms with van der Waals surface area (Å²) < 4.78 is 2.22. The Morgan fingerprint density at radius 1 is 1.43 bits per heavy atom. The third-order valence-electron chi connectivity index (χ3n) is 3.94. The molecule has 1 atom stereocenters. The lowest BCUT2D eigenvalue weighted by Crippen LogP contribution is -2.33. The quantitative estimate of drug-likeness (QED) is 0.912. The first-order valence-corrected chi connectivity index (χ1v) is 7.50. The predicted octanol–water partition coefficient (Wildman–Crippen LogP) is 2.65. The van der Waals surface area contributed by atoms with E-state index in [-0.39, 0.29) is 12.1 Å². The number of rotatable bonds is 3. The fraction of sp³-hybridized carbons (Fsp3) is 0.438. The lowest BCUT2D eigenvalue weighted by atomic mass is 10.2. The Hall–Kier alpha value is -2.01. The molecule has 5 heteroatoms. The number of carbonyl (C=O) groups excluding carboxylic acids is 1. The van der Waals surface area contributed by atoms with E-state index in [1.54, 1.807) is 4.90 Å². The van der Waals surface area contributed by atoms with Crippen LogP contribution < -0.4 is 5.32 Å². The summed E-state index contributed by atoms with van der Waals surface area (Å²) in [6.45, 7) is 4.19. The van der Waals surface area contributed by atoms with Gasteiger partial charge in [0.05, 0.1) is 6.10 Å². The van der Waals surface area contributed by atoms with Crippen molar-refractivity contribution in [1.82, 2.24) is 9.47 Å². The fourth-order valence-corrected chi connectivity index (χ4v) is 2.84. The lowest BCUT2D eigenvalue weighted by molar-refractivity contribution is 0.176. The van der Waals surface area contributed by atoms with Crippen LogP contribution in [0.1, 0.15) is 19.8 Å². The highest BCUT2D eigenvalue weighted by atomic mass is 16.3. The van der Waals surface area contributed by atoms with E-state index in [4.69, 9.17) is 0 Å². The number of benzene rings is 1. The molecule has 112 valence electrons. The van der Waals surface area contributed by atoms with Crippen molar-refractivity contribution in [3.8, 4) is 0 Å². The number of aliphatic hydroxyl groups excluding tert-OH is 1. The van der Waals surface area contributed by atoms with Crippen LogP contribution in [0.2, 0.25) is 0 Å². The molecule has 5 nitrogen and oxygen atoms in total. The number of carbonyl (C=O) groups is 1. The maximum absolute atomic E-state index is 12.1. The van der Waals surface area contributed by atoms with Crippen molar-refractivity contribution in [2.75, 3.05) is 18.4 Å². The van der Waals surface area contributed by atoms with E-state index >= 15 is 0 Å². The van der Waals surface area contributed by atoms with Crippen molar-refractivity contribution >= 4 is 22.6 Å². The number of likely N-dealkylation sites (tertiary alicyclic amines) is 1. The molecule has 0 radical (unpaired) electrons. The van der Waals surface area contributed by atoms with E-state index in [1.807, 2.05) is 18.2 Å². The monoisotopic (exact) mass is 287 g/mol. The van der Waals surface area contributed by atoms with Gasteiger partial charge in [0.2, 0.25) is 0 Å². The summed E-state index contributed by atoms with van der Waals surface area (Å²) in [6.07, 6.45) is 3.45. The minimum atomic E-state index is -0.388. The molecule has 2 amide bonds. The van der Waals surface area contributed by atoms with Crippen molar-refractivity contribution in [3.63, 3.8) is 0 Å². The molecule has 1 fully saturated rings. The van der Waals surface area contributed by atoms with Gasteiger partial charge < -0.3 is 19.9 Å². The van der Waals surface area contributed by atoms with E-state index in [0.29, 0.717) is 19.5 Å². The molecule has 1 aliphatic rings. The molecule has 2 heterocycles.